The van der Waals surface area contributed by atoms with Crippen LogP contribution in [0.3, 0.4) is 0 Å². The molecule has 2 atom stereocenters. The lowest BCUT2D eigenvalue weighted by molar-refractivity contribution is 0.231. The molecule has 0 aliphatic rings. The van der Waals surface area contributed by atoms with Crippen LogP contribution in [0.4, 0.5) is 4.79 Å². The van der Waals surface area contributed by atoms with Crippen molar-refractivity contribution in [2.45, 2.75) is 38.8 Å². The van der Waals surface area contributed by atoms with Crippen molar-refractivity contribution in [3.63, 3.8) is 0 Å². The molecule has 4 nitrogen and oxygen atoms in total. The first-order chi connectivity index (χ1) is 9.43. The molecule has 6 heteroatoms. The van der Waals surface area contributed by atoms with Crippen LogP contribution in [-0.4, -0.2) is 23.8 Å². The summed E-state index contributed by atoms with van der Waals surface area (Å²) in [6.45, 7) is 3.88. The Bertz CT molecular complexity index is 455. The molecule has 0 aromatic heterocycles. The van der Waals surface area contributed by atoms with Crippen molar-refractivity contribution in [2.75, 3.05) is 6.61 Å². The lowest BCUT2D eigenvalue weighted by Crippen LogP contribution is -2.41. The summed E-state index contributed by atoms with van der Waals surface area (Å²) < 4.78 is 0. The van der Waals surface area contributed by atoms with Gasteiger partial charge in [-0.2, -0.15) is 0 Å². The molecule has 0 saturated heterocycles. The minimum Gasteiger partial charge on any atom is -0.396 e. The average molecular weight is 319 g/mol. The van der Waals surface area contributed by atoms with Crippen LogP contribution < -0.4 is 10.6 Å². The summed E-state index contributed by atoms with van der Waals surface area (Å²) in [5, 5.41) is 15.5. The zero-order valence-electron chi connectivity index (χ0n) is 11.6. The van der Waals surface area contributed by atoms with Gasteiger partial charge in [-0.15, -0.1) is 0 Å². The lowest BCUT2D eigenvalue weighted by atomic mass is 10.1. The summed E-state index contributed by atoms with van der Waals surface area (Å²) in [5.41, 5.74) is 0.814. The van der Waals surface area contributed by atoms with Crippen LogP contribution in [0.25, 0.3) is 0 Å². The van der Waals surface area contributed by atoms with Crippen molar-refractivity contribution < 1.29 is 9.90 Å². The maximum atomic E-state index is 11.8. The first-order valence-electron chi connectivity index (χ1n) is 6.57. The molecule has 0 unspecified atom stereocenters. The second-order valence-corrected chi connectivity index (χ2v) is 5.62. The fourth-order valence-corrected chi connectivity index (χ4v) is 2.43. The first-order valence-corrected chi connectivity index (χ1v) is 7.32. The monoisotopic (exact) mass is 318 g/mol. The van der Waals surface area contributed by atoms with Gasteiger partial charge < -0.3 is 15.7 Å². The molecule has 0 aliphatic heterocycles. The first kappa shape index (κ1) is 17.1. The standard InChI is InChI=1S/C14H20Cl2N2O2/c1-9(4-3-7-19)17-14(20)18-10(2)12-6-5-11(15)8-13(12)16/h5-6,8-10,19H,3-4,7H2,1-2H3,(H2,17,18,20)/t9-,10-/m0/s1. The third-order valence-corrected chi connectivity index (χ3v) is 3.51. The third-order valence-electron chi connectivity index (χ3n) is 2.95. The van der Waals surface area contributed by atoms with Crippen molar-refractivity contribution in [1.29, 1.82) is 0 Å². The molecular weight excluding hydrogens is 299 g/mol. The van der Waals surface area contributed by atoms with Crippen LogP contribution in [0.2, 0.25) is 10.0 Å². The normalized spacial score (nSPS) is 13.7. The van der Waals surface area contributed by atoms with E-state index in [2.05, 4.69) is 10.6 Å². The number of halogens is 2. The number of rotatable bonds is 6. The van der Waals surface area contributed by atoms with Crippen molar-refractivity contribution in [3.05, 3.63) is 33.8 Å². The van der Waals surface area contributed by atoms with Crippen LogP contribution in [0, 0.1) is 0 Å². The van der Waals surface area contributed by atoms with E-state index < -0.39 is 0 Å². The van der Waals surface area contributed by atoms with Gasteiger partial charge in [-0.1, -0.05) is 29.3 Å². The van der Waals surface area contributed by atoms with E-state index in [1.807, 2.05) is 13.8 Å². The number of aliphatic hydroxyl groups is 1. The number of carbonyl (C=O) groups excluding carboxylic acids is 1. The quantitative estimate of drug-likeness (QED) is 0.751. The molecule has 20 heavy (non-hydrogen) atoms. The second-order valence-electron chi connectivity index (χ2n) is 4.77. The predicted molar refractivity (Wildman–Crippen MR) is 82.3 cm³/mol. The van der Waals surface area contributed by atoms with Gasteiger partial charge in [0.15, 0.2) is 0 Å². The zero-order chi connectivity index (χ0) is 15.1. The molecule has 1 aromatic rings. The van der Waals surface area contributed by atoms with Crippen LogP contribution in [0.5, 0.6) is 0 Å². The summed E-state index contributed by atoms with van der Waals surface area (Å²) >= 11 is 11.9. The van der Waals surface area contributed by atoms with Gasteiger partial charge in [0.05, 0.1) is 6.04 Å². The summed E-state index contributed by atoms with van der Waals surface area (Å²) in [6.07, 6.45) is 1.40. The highest BCUT2D eigenvalue weighted by molar-refractivity contribution is 6.35. The zero-order valence-corrected chi connectivity index (χ0v) is 13.1. The van der Waals surface area contributed by atoms with Gasteiger partial charge in [0.2, 0.25) is 0 Å². The summed E-state index contributed by atoms with van der Waals surface area (Å²) in [4.78, 5) is 11.8. The van der Waals surface area contributed by atoms with Gasteiger partial charge >= 0.3 is 6.03 Å². The van der Waals surface area contributed by atoms with Crippen LogP contribution in [0.15, 0.2) is 18.2 Å². The molecule has 3 N–H and O–H groups in total. The molecule has 1 rings (SSSR count). The molecule has 0 heterocycles. The van der Waals surface area contributed by atoms with Gasteiger partial charge in [-0.3, -0.25) is 0 Å². The fraction of sp³-hybridized carbons (Fsp3) is 0.500. The molecule has 0 radical (unpaired) electrons. The van der Waals surface area contributed by atoms with E-state index in [4.69, 9.17) is 28.3 Å². The molecule has 0 bridgehead atoms. The Kier molecular flexibility index (Phi) is 7.13. The van der Waals surface area contributed by atoms with Gasteiger partial charge in [-0.25, -0.2) is 4.79 Å². The highest BCUT2D eigenvalue weighted by Gasteiger charge is 2.14. The molecule has 0 aliphatic carbocycles. The smallest absolute Gasteiger partial charge is 0.315 e. The Labute approximate surface area is 129 Å². The Balaban J connectivity index is 2.52. The van der Waals surface area contributed by atoms with Gasteiger partial charge in [-0.05, 0) is 44.4 Å². The molecule has 1 aromatic carbocycles. The van der Waals surface area contributed by atoms with E-state index in [0.29, 0.717) is 16.5 Å². The Morgan fingerprint density at radius 1 is 1.30 bits per heavy atom. The largest absolute Gasteiger partial charge is 0.396 e. The Morgan fingerprint density at radius 3 is 2.60 bits per heavy atom. The minimum atomic E-state index is -0.256. The Hall–Kier alpha value is -0.970. The van der Waals surface area contributed by atoms with Crippen LogP contribution in [-0.2, 0) is 0 Å². The summed E-state index contributed by atoms with van der Waals surface area (Å²) in [6, 6.07) is 4.72. The van der Waals surface area contributed by atoms with E-state index in [-0.39, 0.29) is 24.7 Å². The van der Waals surface area contributed by atoms with Crippen LogP contribution >= 0.6 is 23.2 Å². The third kappa shape index (κ3) is 5.57. The fourth-order valence-electron chi connectivity index (χ4n) is 1.86. The second kappa shape index (κ2) is 8.35. The highest BCUT2D eigenvalue weighted by Crippen LogP contribution is 2.25. The molecule has 0 fully saturated rings. The minimum absolute atomic E-state index is 0.00930. The van der Waals surface area contributed by atoms with E-state index in [1.54, 1.807) is 18.2 Å². The maximum absolute atomic E-state index is 11.8. The number of hydrogen-bond acceptors (Lipinski definition) is 2. The average Bonchev–Trinajstić information content (AvgIpc) is 2.35. The highest BCUT2D eigenvalue weighted by atomic mass is 35.5. The van der Waals surface area contributed by atoms with E-state index in [0.717, 1.165) is 12.0 Å². The van der Waals surface area contributed by atoms with E-state index in [9.17, 15) is 4.79 Å². The topological polar surface area (TPSA) is 61.4 Å². The van der Waals surface area contributed by atoms with Gasteiger partial charge in [0.1, 0.15) is 0 Å². The number of hydrogen-bond donors (Lipinski definition) is 3. The Morgan fingerprint density at radius 2 is 2.00 bits per heavy atom. The van der Waals surface area contributed by atoms with E-state index >= 15 is 0 Å². The molecule has 112 valence electrons. The van der Waals surface area contributed by atoms with Crippen molar-refractivity contribution >= 4 is 29.2 Å². The van der Waals surface area contributed by atoms with Crippen molar-refractivity contribution in [3.8, 4) is 0 Å². The van der Waals surface area contributed by atoms with Crippen LogP contribution in [0.1, 0.15) is 38.3 Å². The van der Waals surface area contributed by atoms with Crippen molar-refractivity contribution in [2.24, 2.45) is 0 Å². The molecular formula is C14H20Cl2N2O2. The molecule has 0 saturated carbocycles. The van der Waals surface area contributed by atoms with E-state index in [1.165, 1.54) is 0 Å². The lowest BCUT2D eigenvalue weighted by Gasteiger charge is -2.19. The summed E-state index contributed by atoms with van der Waals surface area (Å²) in [5.74, 6) is 0. The summed E-state index contributed by atoms with van der Waals surface area (Å²) in [7, 11) is 0. The number of aliphatic hydroxyl groups excluding tert-OH is 1. The number of amides is 2. The molecule has 2 amide bonds. The molecule has 0 spiro atoms. The number of nitrogens with one attached hydrogen (secondary N) is 2. The van der Waals surface area contributed by atoms with Gasteiger partial charge in [0, 0.05) is 22.7 Å². The number of benzene rings is 1. The number of carbonyl (C=O) groups is 1. The predicted octanol–water partition coefficient (Wildman–Crippen LogP) is 3.51. The number of urea groups is 1. The maximum Gasteiger partial charge on any atom is 0.315 e. The SMILES string of the molecule is C[C@H](NC(=O)N[C@@H](C)CCCO)c1ccc(Cl)cc1Cl. The van der Waals surface area contributed by atoms with Crippen molar-refractivity contribution in [1.82, 2.24) is 10.6 Å². The van der Waals surface area contributed by atoms with Gasteiger partial charge in [0.25, 0.3) is 0 Å².